The van der Waals surface area contributed by atoms with Crippen LogP contribution in [-0.2, 0) is 4.74 Å². The molecular formula is C24H39O6. The number of rotatable bonds is 14. The minimum Gasteiger partial charge on any atom is -0.493 e. The zero-order chi connectivity index (χ0) is 21.8. The Morgan fingerprint density at radius 3 is 2.07 bits per heavy atom. The molecule has 30 heavy (non-hydrogen) atoms. The van der Waals surface area contributed by atoms with Crippen LogP contribution in [0.2, 0.25) is 0 Å². The molecule has 6 nitrogen and oxygen atoms in total. The Hall–Kier alpha value is -1.18. The number of unbranched alkanes of at least 4 members (excludes halogenated alkanes) is 9. The number of ether oxygens (including phenoxy) is 2. The summed E-state index contributed by atoms with van der Waals surface area (Å²) in [4.78, 5) is 0. The molecule has 2 rings (SSSR count). The van der Waals surface area contributed by atoms with Gasteiger partial charge in [-0.3, -0.25) is 0 Å². The third-order valence-electron chi connectivity index (χ3n) is 5.69. The third kappa shape index (κ3) is 7.50. The first-order valence-electron chi connectivity index (χ1n) is 11.5. The summed E-state index contributed by atoms with van der Waals surface area (Å²) in [6.07, 6.45) is 7.48. The molecule has 0 saturated carbocycles. The lowest BCUT2D eigenvalue weighted by atomic mass is 9.91. The van der Waals surface area contributed by atoms with E-state index in [1.54, 1.807) is 18.2 Å². The smallest absolute Gasteiger partial charge is 0.161 e. The van der Waals surface area contributed by atoms with Gasteiger partial charge in [0.25, 0.3) is 0 Å². The molecule has 1 fully saturated rings. The molecule has 4 N–H and O–H groups in total. The van der Waals surface area contributed by atoms with Gasteiger partial charge in [0, 0.05) is 5.56 Å². The van der Waals surface area contributed by atoms with Gasteiger partial charge in [-0.05, 0) is 12.5 Å². The first kappa shape index (κ1) is 25.1. The molecule has 1 aliphatic heterocycles. The standard InChI is InChI=1S/C24H39O6/c1-2-3-4-5-6-7-8-9-10-13-16-29-19-15-12-11-14-18(19)24-23(28)22(27)21(26)20(17-25)30-24/h11-12,14-15,20-23,25-28H,2-10,13,16-17H2,1H3/t20-,21-,22+,23-/m1/s1. The fraction of sp³-hybridized carbons (Fsp3) is 0.708. The van der Waals surface area contributed by atoms with Gasteiger partial charge in [0.1, 0.15) is 30.2 Å². The van der Waals surface area contributed by atoms with E-state index >= 15 is 0 Å². The van der Waals surface area contributed by atoms with Crippen molar-refractivity contribution in [1.82, 2.24) is 0 Å². The van der Waals surface area contributed by atoms with E-state index in [1.807, 2.05) is 6.07 Å². The second-order valence-electron chi connectivity index (χ2n) is 8.16. The minimum atomic E-state index is -1.43. The highest BCUT2D eigenvalue weighted by molar-refractivity contribution is 5.43. The second kappa shape index (κ2) is 14.0. The zero-order valence-electron chi connectivity index (χ0n) is 18.2. The van der Waals surface area contributed by atoms with Gasteiger partial charge in [-0.15, -0.1) is 0 Å². The van der Waals surface area contributed by atoms with Crippen LogP contribution in [0, 0.1) is 6.10 Å². The molecule has 0 bridgehead atoms. The fourth-order valence-electron chi connectivity index (χ4n) is 3.80. The van der Waals surface area contributed by atoms with E-state index in [0.717, 1.165) is 12.8 Å². The molecule has 4 atom stereocenters. The highest BCUT2D eigenvalue weighted by Crippen LogP contribution is 2.36. The van der Waals surface area contributed by atoms with Gasteiger partial charge in [-0.1, -0.05) is 82.9 Å². The normalized spacial score (nSPS) is 24.8. The van der Waals surface area contributed by atoms with Crippen LogP contribution in [-0.4, -0.2) is 58.1 Å². The van der Waals surface area contributed by atoms with E-state index in [4.69, 9.17) is 9.47 Å². The quantitative estimate of drug-likeness (QED) is 0.343. The van der Waals surface area contributed by atoms with Crippen molar-refractivity contribution in [2.45, 2.75) is 95.5 Å². The van der Waals surface area contributed by atoms with E-state index in [0.29, 0.717) is 17.9 Å². The number of aliphatic hydroxyl groups excluding tert-OH is 4. The van der Waals surface area contributed by atoms with Gasteiger partial charge in [0.2, 0.25) is 0 Å². The Labute approximate surface area is 180 Å². The van der Waals surface area contributed by atoms with Crippen LogP contribution in [0.3, 0.4) is 0 Å². The van der Waals surface area contributed by atoms with Crippen LogP contribution < -0.4 is 4.74 Å². The first-order chi connectivity index (χ1) is 14.6. The van der Waals surface area contributed by atoms with Crippen molar-refractivity contribution in [3.63, 3.8) is 0 Å². The molecule has 0 aromatic heterocycles. The van der Waals surface area contributed by atoms with Gasteiger partial charge < -0.3 is 29.9 Å². The monoisotopic (exact) mass is 423 g/mol. The molecule has 0 spiro atoms. The van der Waals surface area contributed by atoms with Crippen molar-refractivity contribution in [1.29, 1.82) is 0 Å². The predicted molar refractivity (Wildman–Crippen MR) is 116 cm³/mol. The largest absolute Gasteiger partial charge is 0.493 e. The summed E-state index contributed by atoms with van der Waals surface area (Å²) >= 11 is 0. The summed E-state index contributed by atoms with van der Waals surface area (Å²) in [5.74, 6) is 0.558. The predicted octanol–water partition coefficient (Wildman–Crippen LogP) is 3.34. The summed E-state index contributed by atoms with van der Waals surface area (Å²) in [6.45, 7) is 2.34. The van der Waals surface area contributed by atoms with Crippen molar-refractivity contribution in [2.24, 2.45) is 0 Å². The van der Waals surface area contributed by atoms with Gasteiger partial charge in [-0.25, -0.2) is 0 Å². The molecule has 1 aromatic rings. The van der Waals surface area contributed by atoms with Gasteiger partial charge in [-0.2, -0.15) is 0 Å². The molecular weight excluding hydrogens is 384 g/mol. The molecule has 171 valence electrons. The molecule has 1 aliphatic rings. The number of benzene rings is 1. The average molecular weight is 424 g/mol. The Kier molecular flexibility index (Phi) is 11.7. The summed E-state index contributed by atoms with van der Waals surface area (Å²) in [7, 11) is 0. The first-order valence-corrected chi connectivity index (χ1v) is 11.5. The highest BCUT2D eigenvalue weighted by Gasteiger charge is 2.45. The van der Waals surface area contributed by atoms with E-state index < -0.39 is 31.0 Å². The van der Waals surface area contributed by atoms with Crippen molar-refractivity contribution >= 4 is 0 Å². The molecule has 1 heterocycles. The molecule has 1 saturated heterocycles. The Balaban J connectivity index is 1.75. The van der Waals surface area contributed by atoms with Crippen LogP contribution in [0.25, 0.3) is 0 Å². The maximum atomic E-state index is 10.3. The summed E-state index contributed by atoms with van der Waals surface area (Å²) in [5, 5.41) is 39.8. The van der Waals surface area contributed by atoms with Crippen molar-refractivity contribution in [2.75, 3.05) is 13.2 Å². The number of para-hydroxylation sites is 1. The topological polar surface area (TPSA) is 99.4 Å². The van der Waals surface area contributed by atoms with Crippen LogP contribution in [0.5, 0.6) is 5.75 Å². The Bertz CT molecular complexity index is 579. The average Bonchev–Trinajstić information content (AvgIpc) is 2.76. The van der Waals surface area contributed by atoms with E-state index in [9.17, 15) is 20.4 Å². The molecule has 1 radical (unpaired) electrons. The van der Waals surface area contributed by atoms with Gasteiger partial charge >= 0.3 is 0 Å². The van der Waals surface area contributed by atoms with Crippen LogP contribution in [0.4, 0.5) is 0 Å². The Morgan fingerprint density at radius 1 is 0.833 bits per heavy atom. The highest BCUT2D eigenvalue weighted by atomic mass is 16.5. The number of hydrogen-bond donors (Lipinski definition) is 4. The molecule has 0 unspecified atom stereocenters. The maximum Gasteiger partial charge on any atom is 0.161 e. The number of aliphatic hydroxyl groups is 4. The lowest BCUT2D eigenvalue weighted by Gasteiger charge is -2.39. The molecule has 0 amide bonds. The van der Waals surface area contributed by atoms with Crippen LogP contribution >= 0.6 is 0 Å². The fourth-order valence-corrected chi connectivity index (χ4v) is 3.80. The molecule has 6 heteroatoms. The summed E-state index contributed by atoms with van der Waals surface area (Å²) in [6, 6.07) is 7.16. The molecule has 0 aliphatic carbocycles. The Morgan fingerprint density at radius 2 is 1.43 bits per heavy atom. The lowest BCUT2D eigenvalue weighted by Crippen LogP contribution is -2.55. The van der Waals surface area contributed by atoms with Gasteiger partial charge in [0.05, 0.1) is 13.2 Å². The van der Waals surface area contributed by atoms with Crippen LogP contribution in [0.15, 0.2) is 24.3 Å². The van der Waals surface area contributed by atoms with Crippen LogP contribution in [0.1, 0.15) is 76.7 Å². The third-order valence-corrected chi connectivity index (χ3v) is 5.69. The van der Waals surface area contributed by atoms with Crippen molar-refractivity contribution in [3.05, 3.63) is 35.9 Å². The SMILES string of the molecule is CCCCCCCCCCCCOc1ccccc1[C]1O[C@H](CO)[C@@H](O)[C@H](O)[C@H]1O. The maximum absolute atomic E-state index is 10.3. The second-order valence-corrected chi connectivity index (χ2v) is 8.16. The minimum absolute atomic E-state index is 0.116. The van der Waals surface area contributed by atoms with E-state index in [2.05, 4.69) is 6.92 Å². The van der Waals surface area contributed by atoms with Crippen molar-refractivity contribution < 1.29 is 29.9 Å². The van der Waals surface area contributed by atoms with E-state index in [-0.39, 0.29) is 6.10 Å². The summed E-state index contributed by atoms with van der Waals surface area (Å²) < 4.78 is 11.5. The number of hydrogen-bond acceptors (Lipinski definition) is 6. The van der Waals surface area contributed by atoms with Gasteiger partial charge in [0.15, 0.2) is 6.10 Å². The molecule has 1 aromatic carbocycles. The zero-order valence-corrected chi connectivity index (χ0v) is 18.2. The van der Waals surface area contributed by atoms with Crippen molar-refractivity contribution in [3.8, 4) is 5.75 Å². The summed E-state index contributed by atoms with van der Waals surface area (Å²) in [5.41, 5.74) is 0.529. The van der Waals surface area contributed by atoms with E-state index in [1.165, 1.54) is 51.4 Å². The lowest BCUT2D eigenvalue weighted by molar-refractivity contribution is -0.184.